The third kappa shape index (κ3) is 3.34. The third-order valence-corrected chi connectivity index (χ3v) is 2.39. The number of halogens is 1. The highest BCUT2D eigenvalue weighted by Crippen LogP contribution is 2.04. The van der Waals surface area contributed by atoms with Crippen LogP contribution in [0.15, 0.2) is 6.07 Å². The van der Waals surface area contributed by atoms with Crippen molar-refractivity contribution in [3.8, 4) is 0 Å². The molecule has 84 valence electrons. The molecule has 0 spiro atoms. The van der Waals surface area contributed by atoms with Crippen LogP contribution < -0.4 is 5.32 Å². The van der Waals surface area contributed by atoms with E-state index in [-0.39, 0.29) is 10.7 Å². The van der Waals surface area contributed by atoms with Crippen LogP contribution in [-0.4, -0.2) is 27.1 Å². The third-order valence-electron chi connectivity index (χ3n) is 2.07. The van der Waals surface area contributed by atoms with Crippen molar-refractivity contribution in [2.75, 3.05) is 6.54 Å². The van der Waals surface area contributed by atoms with Gasteiger partial charge in [-0.1, -0.05) is 29.8 Å². The topological polar surface area (TPSA) is 46.9 Å². The molecule has 0 aliphatic rings. The zero-order valence-electron chi connectivity index (χ0n) is 9.25. The maximum atomic E-state index is 11.7. The van der Waals surface area contributed by atoms with E-state index in [1.807, 2.05) is 19.9 Å². The van der Waals surface area contributed by atoms with E-state index in [9.17, 15) is 4.79 Å². The lowest BCUT2D eigenvalue weighted by Gasteiger charge is -2.06. The van der Waals surface area contributed by atoms with Crippen molar-refractivity contribution in [2.24, 2.45) is 7.05 Å². The molecule has 1 rings (SSSR count). The van der Waals surface area contributed by atoms with E-state index in [1.54, 1.807) is 11.7 Å². The van der Waals surface area contributed by atoms with Crippen molar-refractivity contribution < 1.29 is 4.79 Å². The number of nitrogens with zero attached hydrogens (tertiary/aromatic N) is 2. The van der Waals surface area contributed by atoms with Gasteiger partial charge in [0.05, 0.1) is 5.69 Å². The zero-order valence-corrected chi connectivity index (χ0v) is 10.8. The summed E-state index contributed by atoms with van der Waals surface area (Å²) >= 11 is 3.38. The summed E-state index contributed by atoms with van der Waals surface area (Å²) in [5.74, 6) is -0.0731. The minimum absolute atomic E-state index is 0.0731. The maximum absolute atomic E-state index is 11.7. The average Bonchev–Trinajstić information content (AvgIpc) is 2.56. The molecule has 1 aromatic heterocycles. The van der Waals surface area contributed by atoms with Crippen LogP contribution in [0.4, 0.5) is 0 Å². The van der Waals surface area contributed by atoms with Crippen LogP contribution in [-0.2, 0) is 13.5 Å². The molecular weight excluding hydrogens is 258 g/mol. The van der Waals surface area contributed by atoms with Crippen LogP contribution in [0, 0.1) is 0 Å². The summed E-state index contributed by atoms with van der Waals surface area (Å²) in [6.07, 6.45) is 0.843. The SMILES string of the molecule is CCc1cc(C(=O)NCC(C)Br)n(C)n1. The molecule has 0 fully saturated rings. The first kappa shape index (κ1) is 12.2. The van der Waals surface area contributed by atoms with Crippen LogP contribution in [0.2, 0.25) is 0 Å². The number of alkyl halides is 1. The summed E-state index contributed by atoms with van der Waals surface area (Å²) in [5.41, 5.74) is 1.55. The summed E-state index contributed by atoms with van der Waals surface area (Å²) in [7, 11) is 1.78. The molecule has 0 aromatic carbocycles. The van der Waals surface area contributed by atoms with Gasteiger partial charge in [-0.05, 0) is 12.5 Å². The Morgan fingerprint density at radius 3 is 2.87 bits per heavy atom. The number of rotatable bonds is 4. The Labute approximate surface area is 98.2 Å². The van der Waals surface area contributed by atoms with E-state index in [0.717, 1.165) is 12.1 Å². The van der Waals surface area contributed by atoms with E-state index >= 15 is 0 Å². The van der Waals surface area contributed by atoms with Crippen LogP contribution in [0.1, 0.15) is 30.0 Å². The lowest BCUT2D eigenvalue weighted by molar-refractivity contribution is 0.0945. The van der Waals surface area contributed by atoms with Crippen molar-refractivity contribution in [2.45, 2.75) is 25.1 Å². The molecule has 0 saturated carbocycles. The first-order valence-corrected chi connectivity index (χ1v) is 5.91. The molecular formula is C10H16BrN3O. The second-order valence-electron chi connectivity index (χ2n) is 3.49. The molecule has 0 aliphatic carbocycles. The molecule has 0 bridgehead atoms. The highest BCUT2D eigenvalue weighted by atomic mass is 79.9. The normalized spacial score (nSPS) is 12.5. The number of hydrogen-bond donors (Lipinski definition) is 1. The summed E-state index contributed by atoms with van der Waals surface area (Å²) in [5, 5.41) is 7.05. The molecule has 1 atom stereocenters. The van der Waals surface area contributed by atoms with Crippen molar-refractivity contribution in [1.29, 1.82) is 0 Å². The average molecular weight is 274 g/mol. The maximum Gasteiger partial charge on any atom is 0.269 e. The minimum Gasteiger partial charge on any atom is -0.350 e. The Morgan fingerprint density at radius 2 is 2.40 bits per heavy atom. The minimum atomic E-state index is -0.0731. The smallest absolute Gasteiger partial charge is 0.269 e. The van der Waals surface area contributed by atoms with E-state index < -0.39 is 0 Å². The fourth-order valence-electron chi connectivity index (χ4n) is 1.24. The van der Waals surface area contributed by atoms with Gasteiger partial charge in [-0.2, -0.15) is 5.10 Å². The molecule has 1 N–H and O–H groups in total. The summed E-state index contributed by atoms with van der Waals surface area (Å²) in [4.78, 5) is 12.0. The Balaban J connectivity index is 2.68. The van der Waals surface area contributed by atoms with Crippen LogP contribution in [0.25, 0.3) is 0 Å². The van der Waals surface area contributed by atoms with Gasteiger partial charge in [-0.25, -0.2) is 0 Å². The quantitative estimate of drug-likeness (QED) is 0.846. The van der Waals surface area contributed by atoms with E-state index in [0.29, 0.717) is 12.2 Å². The Morgan fingerprint density at radius 1 is 1.73 bits per heavy atom. The fraction of sp³-hybridized carbons (Fsp3) is 0.600. The van der Waals surface area contributed by atoms with Gasteiger partial charge in [0.1, 0.15) is 5.69 Å². The number of carbonyl (C=O) groups excluding carboxylic acids is 1. The second kappa shape index (κ2) is 5.30. The van der Waals surface area contributed by atoms with Crippen molar-refractivity contribution in [1.82, 2.24) is 15.1 Å². The Bertz CT molecular complexity index is 346. The summed E-state index contributed by atoms with van der Waals surface area (Å²) < 4.78 is 1.62. The van der Waals surface area contributed by atoms with Gasteiger partial charge in [0.25, 0.3) is 5.91 Å². The predicted molar refractivity (Wildman–Crippen MR) is 63.3 cm³/mol. The molecule has 1 unspecified atom stereocenters. The molecule has 4 nitrogen and oxygen atoms in total. The number of amides is 1. The molecule has 5 heteroatoms. The van der Waals surface area contributed by atoms with Gasteiger partial charge in [-0.3, -0.25) is 9.48 Å². The number of hydrogen-bond acceptors (Lipinski definition) is 2. The molecule has 1 amide bonds. The van der Waals surface area contributed by atoms with Gasteiger partial charge in [0.15, 0.2) is 0 Å². The van der Waals surface area contributed by atoms with E-state index in [2.05, 4.69) is 26.3 Å². The predicted octanol–water partition coefficient (Wildman–Crippen LogP) is 1.50. The van der Waals surface area contributed by atoms with Crippen LogP contribution in [0.5, 0.6) is 0 Å². The van der Waals surface area contributed by atoms with Gasteiger partial charge in [-0.15, -0.1) is 0 Å². The van der Waals surface area contributed by atoms with Crippen LogP contribution in [0.3, 0.4) is 0 Å². The van der Waals surface area contributed by atoms with Crippen molar-refractivity contribution >= 4 is 21.8 Å². The van der Waals surface area contributed by atoms with E-state index in [1.165, 1.54) is 0 Å². The lowest BCUT2D eigenvalue weighted by Crippen LogP contribution is -2.29. The Kier molecular flexibility index (Phi) is 4.32. The highest BCUT2D eigenvalue weighted by Gasteiger charge is 2.12. The Hall–Kier alpha value is -0.840. The highest BCUT2D eigenvalue weighted by molar-refractivity contribution is 9.09. The first-order valence-electron chi connectivity index (χ1n) is 4.99. The van der Waals surface area contributed by atoms with Gasteiger partial charge < -0.3 is 5.32 Å². The number of nitrogens with one attached hydrogen (secondary N) is 1. The molecule has 1 aromatic rings. The molecule has 0 aliphatic heterocycles. The molecule has 0 saturated heterocycles. The summed E-state index contributed by atoms with van der Waals surface area (Å²) in [6, 6.07) is 1.83. The lowest BCUT2D eigenvalue weighted by atomic mass is 10.3. The first-order chi connectivity index (χ1) is 7.04. The standard InChI is InChI=1S/C10H16BrN3O/c1-4-8-5-9(14(3)13-8)10(15)12-6-7(2)11/h5,7H,4,6H2,1-3H3,(H,12,15). The van der Waals surface area contributed by atoms with E-state index in [4.69, 9.17) is 0 Å². The number of carbonyl (C=O) groups is 1. The number of aryl methyl sites for hydroxylation is 2. The number of aromatic nitrogens is 2. The van der Waals surface area contributed by atoms with Crippen molar-refractivity contribution in [3.63, 3.8) is 0 Å². The molecule has 1 heterocycles. The van der Waals surface area contributed by atoms with Gasteiger partial charge in [0, 0.05) is 18.4 Å². The molecule has 0 radical (unpaired) electrons. The monoisotopic (exact) mass is 273 g/mol. The largest absolute Gasteiger partial charge is 0.350 e. The van der Waals surface area contributed by atoms with Gasteiger partial charge >= 0.3 is 0 Å². The second-order valence-corrected chi connectivity index (χ2v) is 5.05. The van der Waals surface area contributed by atoms with Crippen LogP contribution >= 0.6 is 15.9 Å². The molecule has 15 heavy (non-hydrogen) atoms. The fourth-order valence-corrected chi connectivity index (χ4v) is 1.40. The van der Waals surface area contributed by atoms with Gasteiger partial charge in [0.2, 0.25) is 0 Å². The zero-order chi connectivity index (χ0) is 11.4. The summed E-state index contributed by atoms with van der Waals surface area (Å²) in [6.45, 7) is 4.62. The van der Waals surface area contributed by atoms with Crippen molar-refractivity contribution in [3.05, 3.63) is 17.5 Å².